The maximum Gasteiger partial charge on any atom is 0.422 e. The number of pyridine rings is 1. The first kappa shape index (κ1) is 21.0. The number of aliphatic imine (C=N–C) groups is 1. The van der Waals surface area contributed by atoms with Crippen LogP contribution in [0.15, 0.2) is 65.8 Å². The van der Waals surface area contributed by atoms with Gasteiger partial charge in [-0.2, -0.15) is 13.2 Å². The SMILES string of the molecule is Fc1cccc(F)c1C1=NC(c2ccc(-c3ccc(OCC(F)(F)F)nc3)cc2)CC1. The Labute approximate surface area is 175 Å². The summed E-state index contributed by atoms with van der Waals surface area (Å²) in [6, 6.07) is 14.0. The van der Waals surface area contributed by atoms with E-state index < -0.39 is 24.4 Å². The van der Waals surface area contributed by atoms with Crippen molar-refractivity contribution in [1.29, 1.82) is 0 Å². The second-order valence-corrected chi connectivity index (χ2v) is 7.14. The molecule has 0 N–H and O–H groups in total. The van der Waals surface area contributed by atoms with E-state index in [4.69, 9.17) is 0 Å². The van der Waals surface area contributed by atoms with Crippen molar-refractivity contribution in [1.82, 2.24) is 4.98 Å². The zero-order chi connectivity index (χ0) is 22.0. The minimum absolute atomic E-state index is 0.0690. The zero-order valence-corrected chi connectivity index (χ0v) is 16.2. The Morgan fingerprint density at radius 1 is 0.903 bits per heavy atom. The summed E-state index contributed by atoms with van der Waals surface area (Å²) in [6.45, 7) is -1.39. The second-order valence-electron chi connectivity index (χ2n) is 7.14. The van der Waals surface area contributed by atoms with Crippen LogP contribution in [0.3, 0.4) is 0 Å². The minimum Gasteiger partial charge on any atom is -0.468 e. The minimum atomic E-state index is -4.42. The molecule has 2 heterocycles. The number of rotatable bonds is 5. The van der Waals surface area contributed by atoms with E-state index in [0.29, 0.717) is 18.6 Å². The molecule has 1 unspecified atom stereocenters. The number of hydrogen-bond donors (Lipinski definition) is 0. The van der Waals surface area contributed by atoms with E-state index in [9.17, 15) is 22.0 Å². The van der Waals surface area contributed by atoms with E-state index in [1.807, 2.05) is 24.3 Å². The molecule has 160 valence electrons. The molecule has 0 aliphatic carbocycles. The predicted molar refractivity (Wildman–Crippen MR) is 106 cm³/mol. The van der Waals surface area contributed by atoms with E-state index in [1.54, 1.807) is 6.07 Å². The average molecular weight is 432 g/mol. The highest BCUT2D eigenvalue weighted by molar-refractivity contribution is 6.02. The molecule has 1 aliphatic rings. The molecular weight excluding hydrogens is 415 g/mol. The lowest BCUT2D eigenvalue weighted by atomic mass is 10.00. The van der Waals surface area contributed by atoms with Crippen molar-refractivity contribution in [3.05, 3.63) is 83.6 Å². The molecule has 1 aliphatic heterocycles. The molecule has 1 atom stereocenters. The van der Waals surface area contributed by atoms with Gasteiger partial charge in [0.05, 0.1) is 11.6 Å². The van der Waals surface area contributed by atoms with Crippen LogP contribution in [0.5, 0.6) is 5.88 Å². The molecule has 0 fully saturated rings. The highest BCUT2D eigenvalue weighted by atomic mass is 19.4. The number of nitrogens with zero attached hydrogens (tertiary/aromatic N) is 2. The largest absolute Gasteiger partial charge is 0.468 e. The molecule has 0 bridgehead atoms. The fourth-order valence-corrected chi connectivity index (χ4v) is 3.48. The van der Waals surface area contributed by atoms with E-state index in [2.05, 4.69) is 14.7 Å². The van der Waals surface area contributed by atoms with Crippen molar-refractivity contribution in [2.45, 2.75) is 25.1 Å². The molecule has 31 heavy (non-hydrogen) atoms. The number of aromatic nitrogens is 1. The summed E-state index contributed by atoms with van der Waals surface area (Å²) >= 11 is 0. The summed E-state index contributed by atoms with van der Waals surface area (Å²) in [5, 5.41) is 0. The van der Waals surface area contributed by atoms with Crippen LogP contribution in [-0.4, -0.2) is 23.5 Å². The molecule has 0 saturated carbocycles. The number of halogens is 5. The molecule has 4 rings (SSSR count). The molecule has 0 saturated heterocycles. The van der Waals surface area contributed by atoms with E-state index >= 15 is 0 Å². The summed E-state index contributed by atoms with van der Waals surface area (Å²) in [5.41, 5.74) is 2.80. The first-order valence-electron chi connectivity index (χ1n) is 9.57. The average Bonchev–Trinajstić information content (AvgIpc) is 3.22. The van der Waals surface area contributed by atoms with Crippen LogP contribution in [0, 0.1) is 11.6 Å². The Morgan fingerprint density at radius 3 is 2.19 bits per heavy atom. The third-order valence-corrected chi connectivity index (χ3v) is 4.97. The Morgan fingerprint density at radius 2 is 1.58 bits per heavy atom. The van der Waals surface area contributed by atoms with Gasteiger partial charge in [-0.25, -0.2) is 13.8 Å². The van der Waals surface area contributed by atoms with Gasteiger partial charge in [-0.1, -0.05) is 30.3 Å². The molecule has 0 amide bonds. The monoisotopic (exact) mass is 432 g/mol. The van der Waals surface area contributed by atoms with Gasteiger partial charge < -0.3 is 4.74 Å². The topological polar surface area (TPSA) is 34.5 Å². The number of ether oxygens (including phenoxy) is 1. The summed E-state index contributed by atoms with van der Waals surface area (Å²) in [5.74, 6) is -1.35. The van der Waals surface area contributed by atoms with Crippen LogP contribution in [0.1, 0.15) is 30.0 Å². The van der Waals surface area contributed by atoms with Crippen LogP contribution in [0.2, 0.25) is 0 Å². The standard InChI is InChI=1S/C23H17F5N2O/c24-17-2-1-3-18(25)22(17)20-10-9-19(30-20)15-6-4-14(5-7-15)16-8-11-21(29-12-16)31-13-23(26,27)28/h1-8,11-12,19H,9-10,13H2. The van der Waals surface area contributed by atoms with Gasteiger partial charge in [-0.3, -0.25) is 4.99 Å². The third kappa shape index (κ3) is 4.90. The molecule has 3 nitrogen and oxygen atoms in total. The molecule has 8 heteroatoms. The summed E-state index contributed by atoms with van der Waals surface area (Å²) < 4.78 is 69.3. The molecule has 0 radical (unpaired) electrons. The quantitative estimate of drug-likeness (QED) is 0.444. The fourth-order valence-electron chi connectivity index (χ4n) is 3.48. The zero-order valence-electron chi connectivity index (χ0n) is 16.2. The summed E-state index contributed by atoms with van der Waals surface area (Å²) in [7, 11) is 0. The Balaban J connectivity index is 1.47. The van der Waals surface area contributed by atoms with Gasteiger partial charge >= 0.3 is 6.18 Å². The lowest BCUT2D eigenvalue weighted by Crippen LogP contribution is -2.19. The number of alkyl halides is 3. The van der Waals surface area contributed by atoms with Crippen LogP contribution < -0.4 is 4.74 Å². The van der Waals surface area contributed by atoms with Gasteiger partial charge in [-0.05, 0) is 42.2 Å². The smallest absolute Gasteiger partial charge is 0.422 e. The van der Waals surface area contributed by atoms with E-state index in [0.717, 1.165) is 16.7 Å². The van der Waals surface area contributed by atoms with Crippen molar-refractivity contribution in [3.63, 3.8) is 0 Å². The van der Waals surface area contributed by atoms with Crippen LogP contribution in [0.4, 0.5) is 22.0 Å². The van der Waals surface area contributed by atoms with Gasteiger partial charge in [0, 0.05) is 23.5 Å². The maximum absolute atomic E-state index is 14.0. The Hall–Kier alpha value is -3.29. The molecular formula is C23H17F5N2O. The normalized spacial score (nSPS) is 16.3. The van der Waals surface area contributed by atoms with Gasteiger partial charge in [0.1, 0.15) is 11.6 Å². The van der Waals surface area contributed by atoms with Crippen LogP contribution in [-0.2, 0) is 0 Å². The van der Waals surface area contributed by atoms with Crippen LogP contribution in [0.25, 0.3) is 11.1 Å². The number of hydrogen-bond acceptors (Lipinski definition) is 3. The van der Waals surface area contributed by atoms with Gasteiger partial charge in [-0.15, -0.1) is 0 Å². The van der Waals surface area contributed by atoms with Crippen molar-refractivity contribution in [3.8, 4) is 17.0 Å². The Kier molecular flexibility index (Phi) is 5.71. The van der Waals surface area contributed by atoms with Crippen molar-refractivity contribution in [2.24, 2.45) is 4.99 Å². The van der Waals surface area contributed by atoms with E-state index in [-0.39, 0.29) is 17.5 Å². The lowest BCUT2D eigenvalue weighted by Gasteiger charge is -2.10. The molecule has 0 spiro atoms. The molecule has 3 aromatic rings. The molecule has 2 aromatic carbocycles. The van der Waals surface area contributed by atoms with Gasteiger partial charge in [0.2, 0.25) is 5.88 Å². The van der Waals surface area contributed by atoms with Crippen molar-refractivity contribution >= 4 is 5.71 Å². The summed E-state index contributed by atoms with van der Waals surface area (Å²) in [4.78, 5) is 8.42. The van der Waals surface area contributed by atoms with Gasteiger partial charge in [0.15, 0.2) is 6.61 Å². The Bertz CT molecular complexity index is 1070. The van der Waals surface area contributed by atoms with Crippen LogP contribution >= 0.6 is 0 Å². The van der Waals surface area contributed by atoms with Gasteiger partial charge in [0.25, 0.3) is 0 Å². The van der Waals surface area contributed by atoms with E-state index in [1.165, 1.54) is 30.5 Å². The first-order chi connectivity index (χ1) is 14.8. The third-order valence-electron chi connectivity index (χ3n) is 4.97. The highest BCUT2D eigenvalue weighted by Gasteiger charge is 2.28. The van der Waals surface area contributed by atoms with Crippen molar-refractivity contribution in [2.75, 3.05) is 6.61 Å². The fraction of sp³-hybridized carbons (Fsp3) is 0.217. The first-order valence-corrected chi connectivity index (χ1v) is 9.57. The lowest BCUT2D eigenvalue weighted by molar-refractivity contribution is -0.154. The highest BCUT2D eigenvalue weighted by Crippen LogP contribution is 2.33. The molecule has 1 aromatic heterocycles. The second kappa shape index (κ2) is 8.45. The maximum atomic E-state index is 14.0. The number of benzene rings is 2. The summed E-state index contributed by atoms with van der Waals surface area (Å²) in [6.07, 6.45) is -1.85. The van der Waals surface area contributed by atoms with Crippen molar-refractivity contribution < 1.29 is 26.7 Å². The predicted octanol–water partition coefficient (Wildman–Crippen LogP) is 6.29.